The first-order valence-corrected chi connectivity index (χ1v) is 11.7. The maximum Gasteiger partial charge on any atom is 0.257 e. The highest BCUT2D eigenvalue weighted by Crippen LogP contribution is 2.20. The van der Waals surface area contributed by atoms with Gasteiger partial charge in [0.2, 0.25) is 0 Å². The Morgan fingerprint density at radius 2 is 1.81 bits per heavy atom. The lowest BCUT2D eigenvalue weighted by Crippen LogP contribution is -2.37. The fourth-order valence-corrected chi connectivity index (χ4v) is 3.89. The Bertz CT molecular complexity index is 942. The van der Waals surface area contributed by atoms with Crippen LogP contribution in [0.3, 0.4) is 0 Å². The van der Waals surface area contributed by atoms with E-state index in [-0.39, 0.29) is 23.0 Å². The van der Waals surface area contributed by atoms with E-state index >= 15 is 0 Å². The first-order valence-electron chi connectivity index (χ1n) is 11.3. The number of thiocarbonyl (C=S) groups is 1. The number of anilines is 1. The van der Waals surface area contributed by atoms with Crippen molar-refractivity contribution >= 4 is 34.8 Å². The summed E-state index contributed by atoms with van der Waals surface area (Å²) in [6, 6.07) is 14.4. The zero-order chi connectivity index (χ0) is 22.8. The molecule has 7 heteroatoms. The molecule has 2 aromatic carbocycles. The molecule has 1 saturated carbocycles. The van der Waals surface area contributed by atoms with Crippen molar-refractivity contribution in [2.45, 2.75) is 57.9 Å². The second-order valence-electron chi connectivity index (χ2n) is 7.99. The number of amides is 2. The molecular weight excluding hydrogens is 422 g/mol. The summed E-state index contributed by atoms with van der Waals surface area (Å²) in [5, 5.41) is 8.92. The minimum absolute atomic E-state index is 0.130. The SMILES string of the molecule is CCCCOc1cccc(C(=O)NC(=S)Nc2ccccc2C(=O)NC2CCCCC2)c1. The molecule has 0 unspecified atom stereocenters. The summed E-state index contributed by atoms with van der Waals surface area (Å²) < 4.78 is 5.67. The van der Waals surface area contributed by atoms with Crippen molar-refractivity contribution in [3.05, 3.63) is 59.7 Å². The van der Waals surface area contributed by atoms with Crippen molar-refractivity contribution in [3.8, 4) is 5.75 Å². The van der Waals surface area contributed by atoms with E-state index in [0.717, 1.165) is 38.5 Å². The number of hydrogen-bond donors (Lipinski definition) is 3. The molecule has 0 saturated heterocycles. The molecular formula is C25H31N3O3S. The van der Waals surface area contributed by atoms with E-state index in [0.29, 0.717) is 29.2 Å². The number of benzene rings is 2. The van der Waals surface area contributed by atoms with Crippen LogP contribution in [-0.2, 0) is 0 Å². The van der Waals surface area contributed by atoms with Gasteiger partial charge in [-0.05, 0) is 61.8 Å². The highest BCUT2D eigenvalue weighted by Gasteiger charge is 2.19. The first kappa shape index (κ1) is 23.7. The average Bonchev–Trinajstić information content (AvgIpc) is 2.80. The first-order chi connectivity index (χ1) is 15.6. The topological polar surface area (TPSA) is 79.5 Å². The van der Waals surface area contributed by atoms with Gasteiger partial charge in [-0.25, -0.2) is 0 Å². The Morgan fingerprint density at radius 3 is 2.59 bits per heavy atom. The average molecular weight is 454 g/mol. The number of ether oxygens (including phenoxy) is 1. The van der Waals surface area contributed by atoms with E-state index in [1.54, 1.807) is 30.3 Å². The number of hydrogen-bond acceptors (Lipinski definition) is 4. The lowest BCUT2D eigenvalue weighted by atomic mass is 9.95. The fourth-order valence-electron chi connectivity index (χ4n) is 3.69. The monoisotopic (exact) mass is 453 g/mol. The predicted molar refractivity (Wildman–Crippen MR) is 131 cm³/mol. The van der Waals surface area contributed by atoms with Crippen LogP contribution in [0.5, 0.6) is 5.75 Å². The molecule has 2 aromatic rings. The molecule has 0 aliphatic heterocycles. The Kier molecular flexibility index (Phi) is 9.04. The minimum Gasteiger partial charge on any atom is -0.494 e. The van der Waals surface area contributed by atoms with Crippen LogP contribution in [0, 0.1) is 0 Å². The van der Waals surface area contributed by atoms with E-state index in [2.05, 4.69) is 22.9 Å². The standard InChI is InChI=1S/C25H31N3O3S/c1-2-3-16-31-20-13-9-10-18(17-20)23(29)28-25(32)27-22-15-8-7-14-21(22)24(30)26-19-11-5-4-6-12-19/h7-10,13-15,17,19H,2-6,11-12,16H2,1H3,(H,26,30)(H2,27,28,29,32). The second kappa shape index (κ2) is 12.2. The molecule has 0 bridgehead atoms. The summed E-state index contributed by atoms with van der Waals surface area (Å²) >= 11 is 5.33. The van der Waals surface area contributed by atoms with Crippen LogP contribution >= 0.6 is 12.2 Å². The van der Waals surface area contributed by atoms with Crippen LogP contribution in [0.15, 0.2) is 48.5 Å². The summed E-state index contributed by atoms with van der Waals surface area (Å²) in [5.74, 6) is 0.174. The zero-order valence-electron chi connectivity index (χ0n) is 18.5. The van der Waals surface area contributed by atoms with Gasteiger partial charge in [-0.3, -0.25) is 14.9 Å². The van der Waals surface area contributed by atoms with Gasteiger partial charge in [-0.2, -0.15) is 0 Å². The van der Waals surface area contributed by atoms with Gasteiger partial charge in [-0.1, -0.05) is 50.8 Å². The van der Waals surface area contributed by atoms with Gasteiger partial charge in [-0.15, -0.1) is 0 Å². The molecule has 0 radical (unpaired) electrons. The van der Waals surface area contributed by atoms with Crippen LogP contribution in [0.4, 0.5) is 5.69 Å². The maximum absolute atomic E-state index is 12.8. The number of carbonyl (C=O) groups excluding carboxylic acids is 2. The number of para-hydroxylation sites is 1. The van der Waals surface area contributed by atoms with Gasteiger partial charge in [0.1, 0.15) is 5.75 Å². The quantitative estimate of drug-likeness (QED) is 0.385. The van der Waals surface area contributed by atoms with E-state index in [9.17, 15) is 9.59 Å². The van der Waals surface area contributed by atoms with Crippen LogP contribution in [-0.4, -0.2) is 29.6 Å². The molecule has 0 atom stereocenters. The molecule has 170 valence electrons. The van der Waals surface area contributed by atoms with Crippen LogP contribution < -0.4 is 20.7 Å². The Morgan fingerprint density at radius 1 is 1.03 bits per heavy atom. The fraction of sp³-hybridized carbons (Fsp3) is 0.400. The molecule has 1 aliphatic carbocycles. The van der Waals surface area contributed by atoms with E-state index in [1.807, 2.05) is 18.2 Å². The molecule has 2 amide bonds. The molecule has 1 aliphatic rings. The summed E-state index contributed by atoms with van der Waals surface area (Å²) in [6.45, 7) is 2.71. The number of unbranched alkanes of at least 4 members (excludes halogenated alkanes) is 1. The van der Waals surface area contributed by atoms with Gasteiger partial charge in [0.25, 0.3) is 11.8 Å². The Labute approximate surface area is 195 Å². The van der Waals surface area contributed by atoms with Crippen molar-refractivity contribution in [1.29, 1.82) is 0 Å². The van der Waals surface area contributed by atoms with E-state index < -0.39 is 0 Å². The van der Waals surface area contributed by atoms with Crippen LogP contribution in [0.1, 0.15) is 72.6 Å². The lowest BCUT2D eigenvalue weighted by molar-refractivity contribution is 0.0927. The van der Waals surface area contributed by atoms with Crippen molar-refractivity contribution in [2.75, 3.05) is 11.9 Å². The highest BCUT2D eigenvalue weighted by atomic mass is 32.1. The van der Waals surface area contributed by atoms with Crippen LogP contribution in [0.25, 0.3) is 0 Å². The number of rotatable bonds is 8. The smallest absolute Gasteiger partial charge is 0.257 e. The molecule has 6 nitrogen and oxygen atoms in total. The van der Waals surface area contributed by atoms with Crippen molar-refractivity contribution in [3.63, 3.8) is 0 Å². The van der Waals surface area contributed by atoms with Gasteiger partial charge in [0, 0.05) is 11.6 Å². The van der Waals surface area contributed by atoms with Crippen molar-refractivity contribution in [1.82, 2.24) is 10.6 Å². The summed E-state index contributed by atoms with van der Waals surface area (Å²) in [4.78, 5) is 25.4. The molecule has 0 aromatic heterocycles. The predicted octanol–water partition coefficient (Wildman–Crippen LogP) is 5.05. The third-order valence-corrected chi connectivity index (χ3v) is 5.65. The van der Waals surface area contributed by atoms with Gasteiger partial charge in [0.15, 0.2) is 5.11 Å². The maximum atomic E-state index is 12.8. The molecule has 0 heterocycles. The third kappa shape index (κ3) is 7.05. The Balaban J connectivity index is 1.59. The van der Waals surface area contributed by atoms with E-state index in [1.165, 1.54) is 6.42 Å². The van der Waals surface area contributed by atoms with Gasteiger partial charge >= 0.3 is 0 Å². The Hall–Kier alpha value is -2.93. The molecule has 3 N–H and O–H groups in total. The molecule has 1 fully saturated rings. The summed E-state index contributed by atoms with van der Waals surface area (Å²) in [6.07, 6.45) is 7.54. The number of nitrogens with one attached hydrogen (secondary N) is 3. The third-order valence-electron chi connectivity index (χ3n) is 5.45. The van der Waals surface area contributed by atoms with Gasteiger partial charge < -0.3 is 15.4 Å². The van der Waals surface area contributed by atoms with Gasteiger partial charge in [0.05, 0.1) is 17.9 Å². The highest BCUT2D eigenvalue weighted by molar-refractivity contribution is 7.80. The summed E-state index contributed by atoms with van der Waals surface area (Å²) in [7, 11) is 0. The summed E-state index contributed by atoms with van der Waals surface area (Å²) in [5.41, 5.74) is 1.51. The minimum atomic E-state index is -0.340. The second-order valence-corrected chi connectivity index (χ2v) is 8.40. The normalized spacial score (nSPS) is 13.8. The molecule has 32 heavy (non-hydrogen) atoms. The largest absolute Gasteiger partial charge is 0.494 e. The molecule has 3 rings (SSSR count). The van der Waals surface area contributed by atoms with Crippen LogP contribution in [0.2, 0.25) is 0 Å². The van der Waals surface area contributed by atoms with E-state index in [4.69, 9.17) is 17.0 Å². The van der Waals surface area contributed by atoms with Crippen molar-refractivity contribution < 1.29 is 14.3 Å². The lowest BCUT2D eigenvalue weighted by Gasteiger charge is -2.23. The molecule has 0 spiro atoms. The van der Waals surface area contributed by atoms with Crippen molar-refractivity contribution in [2.24, 2.45) is 0 Å². The number of carbonyl (C=O) groups is 2. The zero-order valence-corrected chi connectivity index (χ0v) is 19.3.